The number of rotatable bonds is 0. The van der Waals surface area contributed by atoms with Gasteiger partial charge >= 0.3 is 0 Å². The van der Waals surface area contributed by atoms with Crippen LogP contribution < -0.4 is 0 Å². The number of fused-ring (bicyclic) bond motifs is 8. The number of imidazole rings is 1. The summed E-state index contributed by atoms with van der Waals surface area (Å²) in [5.41, 5.74) is 5.78. The van der Waals surface area contributed by atoms with Gasteiger partial charge in [-0.25, -0.2) is 0 Å². The summed E-state index contributed by atoms with van der Waals surface area (Å²) in [6, 6.07) is 24.7. The summed E-state index contributed by atoms with van der Waals surface area (Å²) in [5, 5.41) is 3.62. The van der Waals surface area contributed by atoms with Gasteiger partial charge in [0.15, 0.2) is 0 Å². The molecular formula is C23H19IrN2-. The van der Waals surface area contributed by atoms with Gasteiger partial charge in [0.25, 0.3) is 0 Å². The number of hydrogen-bond donors (Lipinski definition) is 0. The van der Waals surface area contributed by atoms with E-state index in [0.29, 0.717) is 0 Å². The van der Waals surface area contributed by atoms with Gasteiger partial charge in [0.05, 0.1) is 16.7 Å². The average Bonchev–Trinajstić information content (AvgIpc) is 3.00. The van der Waals surface area contributed by atoms with E-state index < -0.39 is 0 Å². The molecule has 0 amide bonds. The molecular weight excluding hydrogens is 496 g/mol. The van der Waals surface area contributed by atoms with Gasteiger partial charge < -0.3 is 4.40 Å². The zero-order valence-corrected chi connectivity index (χ0v) is 17.4. The van der Waals surface area contributed by atoms with E-state index in [2.05, 4.69) is 79.8 Å². The molecule has 0 aliphatic heterocycles. The van der Waals surface area contributed by atoms with E-state index >= 15 is 0 Å². The first-order valence-corrected chi connectivity index (χ1v) is 8.68. The van der Waals surface area contributed by atoms with Crippen LogP contribution in [0.4, 0.5) is 0 Å². The third-order valence-corrected chi connectivity index (χ3v) is 5.00. The van der Waals surface area contributed by atoms with E-state index in [-0.39, 0.29) is 25.5 Å². The largest absolute Gasteiger partial charge is 0.333 e. The maximum atomic E-state index is 4.92. The molecule has 2 nitrogen and oxygen atoms in total. The predicted octanol–water partition coefficient (Wildman–Crippen LogP) is 5.89. The number of hydrogen-bond acceptors (Lipinski definition) is 1. The monoisotopic (exact) mass is 516 g/mol. The number of para-hydroxylation sites is 2. The van der Waals surface area contributed by atoms with Crippen LogP contribution in [-0.4, -0.2) is 9.38 Å². The van der Waals surface area contributed by atoms with E-state index in [0.717, 1.165) is 22.1 Å². The molecule has 0 bridgehead atoms. The van der Waals surface area contributed by atoms with Crippen molar-refractivity contribution in [3.63, 3.8) is 0 Å². The maximum Gasteiger partial charge on any atom is 0.0774 e. The van der Waals surface area contributed by atoms with Gasteiger partial charge in [-0.15, -0.1) is 29.7 Å². The molecule has 5 aromatic rings. The Morgan fingerprint density at radius 1 is 0.885 bits per heavy atom. The molecule has 2 aromatic heterocycles. The van der Waals surface area contributed by atoms with E-state index in [1.165, 1.54) is 21.9 Å². The minimum Gasteiger partial charge on any atom is -0.333 e. The van der Waals surface area contributed by atoms with Gasteiger partial charge in [0.1, 0.15) is 0 Å². The van der Waals surface area contributed by atoms with Crippen LogP contribution in [0.2, 0.25) is 0 Å². The van der Waals surface area contributed by atoms with Crippen LogP contribution in [0.3, 0.4) is 0 Å². The van der Waals surface area contributed by atoms with Gasteiger partial charge in [-0.1, -0.05) is 50.4 Å². The summed E-state index contributed by atoms with van der Waals surface area (Å²) < 4.78 is 2.29. The number of aromatic nitrogens is 2. The van der Waals surface area contributed by atoms with Crippen molar-refractivity contribution in [2.24, 2.45) is 0 Å². The molecule has 131 valence electrons. The molecule has 0 aliphatic rings. The van der Waals surface area contributed by atoms with E-state index in [1.54, 1.807) is 0 Å². The van der Waals surface area contributed by atoms with Gasteiger partial charge in [-0.3, -0.25) is 4.98 Å². The fourth-order valence-electron chi connectivity index (χ4n) is 3.90. The second kappa shape index (κ2) is 5.90. The molecule has 0 saturated carbocycles. The van der Waals surface area contributed by atoms with Gasteiger partial charge in [0, 0.05) is 25.6 Å². The van der Waals surface area contributed by atoms with Gasteiger partial charge in [0.2, 0.25) is 0 Å². The molecule has 1 radical (unpaired) electrons. The number of nitrogens with zero attached hydrogens (tertiary/aromatic N) is 2. The average molecular weight is 516 g/mol. The second-order valence-electron chi connectivity index (χ2n) is 7.67. The SMILES string of the molecule is CC(C)(C)c1cccc2c1c1ccc[c-]c1c1nc3ccccc3n21.[Ir]. The van der Waals surface area contributed by atoms with E-state index in [9.17, 15) is 0 Å². The minimum absolute atomic E-state index is 0. The molecule has 5 rings (SSSR count). The van der Waals surface area contributed by atoms with Crippen molar-refractivity contribution in [2.45, 2.75) is 26.2 Å². The fraction of sp³-hybridized carbons (Fsp3) is 0.174. The minimum atomic E-state index is 0. The first-order chi connectivity index (χ1) is 12.1. The zero-order valence-electron chi connectivity index (χ0n) is 15.0. The number of pyridine rings is 1. The molecule has 0 spiro atoms. The molecule has 2 heterocycles. The van der Waals surface area contributed by atoms with Crippen LogP contribution in [0.25, 0.3) is 38.4 Å². The molecule has 0 N–H and O–H groups in total. The Labute approximate surface area is 166 Å². The summed E-state index contributed by atoms with van der Waals surface area (Å²) in [4.78, 5) is 4.92. The Hall–Kier alpha value is -2.22. The molecule has 0 unspecified atom stereocenters. The van der Waals surface area contributed by atoms with Crippen LogP contribution in [-0.2, 0) is 25.5 Å². The molecule has 0 fully saturated rings. The first kappa shape index (κ1) is 17.2. The Morgan fingerprint density at radius 3 is 2.46 bits per heavy atom. The van der Waals surface area contributed by atoms with E-state index in [1.807, 2.05) is 12.1 Å². The fourth-order valence-corrected chi connectivity index (χ4v) is 3.90. The second-order valence-corrected chi connectivity index (χ2v) is 7.67. The standard InChI is InChI=1S/C23H19N2.Ir/c1-23(2,3)17-11-8-14-20-21(17)15-9-4-5-10-16(15)22-24-18-12-6-7-13-19(18)25(20)22;/h4-9,11-14H,1-3H3;/q-1;. The summed E-state index contributed by atoms with van der Waals surface area (Å²) in [6.45, 7) is 6.82. The number of benzene rings is 3. The quantitative estimate of drug-likeness (QED) is 0.186. The van der Waals surface area contributed by atoms with Crippen molar-refractivity contribution >= 4 is 38.4 Å². The Morgan fingerprint density at radius 2 is 1.65 bits per heavy atom. The first-order valence-electron chi connectivity index (χ1n) is 8.68. The Balaban J connectivity index is 0.00000168. The van der Waals surface area contributed by atoms with Crippen molar-refractivity contribution < 1.29 is 20.1 Å². The van der Waals surface area contributed by atoms with Gasteiger partial charge in [-0.05, 0) is 34.6 Å². The zero-order chi connectivity index (χ0) is 17.2. The summed E-state index contributed by atoms with van der Waals surface area (Å²) in [7, 11) is 0. The topological polar surface area (TPSA) is 17.3 Å². The summed E-state index contributed by atoms with van der Waals surface area (Å²) in [5.74, 6) is 0. The van der Waals surface area contributed by atoms with Crippen molar-refractivity contribution in [3.05, 3.63) is 72.3 Å². The van der Waals surface area contributed by atoms with Crippen molar-refractivity contribution in [1.82, 2.24) is 9.38 Å². The molecule has 26 heavy (non-hydrogen) atoms. The third kappa shape index (κ3) is 2.31. The van der Waals surface area contributed by atoms with Gasteiger partial charge in [-0.2, -0.15) is 0 Å². The van der Waals surface area contributed by atoms with Crippen LogP contribution in [0.5, 0.6) is 0 Å². The molecule has 3 aromatic carbocycles. The normalized spacial score (nSPS) is 12.1. The van der Waals surface area contributed by atoms with Crippen molar-refractivity contribution in [3.8, 4) is 0 Å². The van der Waals surface area contributed by atoms with Crippen molar-refractivity contribution in [1.29, 1.82) is 0 Å². The molecule has 0 aliphatic carbocycles. The Kier molecular flexibility index (Phi) is 3.91. The van der Waals surface area contributed by atoms with Crippen molar-refractivity contribution in [2.75, 3.05) is 0 Å². The van der Waals surface area contributed by atoms with Crippen LogP contribution in [0.15, 0.2) is 60.7 Å². The molecule has 3 heteroatoms. The summed E-state index contributed by atoms with van der Waals surface area (Å²) in [6.07, 6.45) is 0. The van der Waals surface area contributed by atoms with E-state index in [4.69, 9.17) is 4.98 Å². The maximum absolute atomic E-state index is 4.92. The smallest absolute Gasteiger partial charge is 0.0774 e. The summed E-state index contributed by atoms with van der Waals surface area (Å²) >= 11 is 0. The Bertz CT molecular complexity index is 1280. The van der Waals surface area contributed by atoms with Crippen LogP contribution in [0, 0.1) is 6.07 Å². The molecule has 0 atom stereocenters. The third-order valence-electron chi connectivity index (χ3n) is 5.00. The predicted molar refractivity (Wildman–Crippen MR) is 105 cm³/mol. The van der Waals surface area contributed by atoms with Crippen LogP contribution in [0.1, 0.15) is 26.3 Å². The van der Waals surface area contributed by atoms with Crippen LogP contribution >= 0.6 is 0 Å². The molecule has 0 saturated heterocycles.